The minimum absolute atomic E-state index is 0.749. The summed E-state index contributed by atoms with van der Waals surface area (Å²) in [5.74, 6) is 0.805. The third-order valence-corrected chi connectivity index (χ3v) is 3.51. The van der Waals surface area contributed by atoms with Gasteiger partial charge in [0.25, 0.3) is 0 Å². The van der Waals surface area contributed by atoms with Crippen LogP contribution in [0.3, 0.4) is 0 Å². The van der Waals surface area contributed by atoms with Gasteiger partial charge in [0.05, 0.1) is 36.2 Å². The Balaban J connectivity index is 2.09. The Hall–Kier alpha value is -1.62. The fraction of sp³-hybridized carbons (Fsp3) is 0.333. The number of aryl methyl sites for hydroxylation is 2. The van der Waals surface area contributed by atoms with E-state index < -0.39 is 0 Å². The normalized spacial score (nSPS) is 10.3. The molecule has 2 aromatic heterocycles. The van der Waals surface area contributed by atoms with Gasteiger partial charge in [-0.3, -0.25) is 4.98 Å². The number of nitrogens with one attached hydrogen (secondary N) is 1. The Morgan fingerprint density at radius 3 is 2.88 bits per heavy atom. The molecule has 2 heterocycles. The number of ether oxygens (including phenoxy) is 1. The Kier molecular flexibility index (Phi) is 3.58. The lowest BCUT2D eigenvalue weighted by molar-refractivity contribution is 0.416. The third-order valence-electron chi connectivity index (χ3n) is 2.44. The van der Waals surface area contributed by atoms with Gasteiger partial charge in [-0.2, -0.15) is 0 Å². The molecule has 0 saturated heterocycles. The molecule has 0 unspecified atom stereocenters. The standard InChI is InChI=1S/C12H15N3OS/c1-8-12(17-9(2)15-8)7-14-10-6-13-5-4-11(10)16-3/h4-6,14H,7H2,1-3H3. The second-order valence-corrected chi connectivity index (χ2v) is 4.96. The van der Waals surface area contributed by atoms with Gasteiger partial charge < -0.3 is 10.1 Å². The zero-order valence-corrected chi connectivity index (χ0v) is 11.0. The highest BCUT2D eigenvalue weighted by Crippen LogP contribution is 2.24. The highest BCUT2D eigenvalue weighted by atomic mass is 32.1. The quantitative estimate of drug-likeness (QED) is 0.905. The summed E-state index contributed by atoms with van der Waals surface area (Å²) in [5.41, 5.74) is 1.99. The smallest absolute Gasteiger partial charge is 0.145 e. The molecule has 90 valence electrons. The first-order valence-electron chi connectivity index (χ1n) is 5.35. The summed E-state index contributed by atoms with van der Waals surface area (Å²) >= 11 is 1.71. The molecule has 0 aliphatic rings. The Labute approximate surface area is 105 Å². The molecule has 4 nitrogen and oxygen atoms in total. The summed E-state index contributed by atoms with van der Waals surface area (Å²) in [4.78, 5) is 9.72. The van der Waals surface area contributed by atoms with Crippen molar-refractivity contribution in [2.75, 3.05) is 12.4 Å². The van der Waals surface area contributed by atoms with Crippen molar-refractivity contribution < 1.29 is 4.74 Å². The lowest BCUT2D eigenvalue weighted by atomic mass is 10.3. The number of aromatic nitrogens is 2. The van der Waals surface area contributed by atoms with Crippen molar-refractivity contribution in [3.63, 3.8) is 0 Å². The van der Waals surface area contributed by atoms with E-state index >= 15 is 0 Å². The highest BCUT2D eigenvalue weighted by molar-refractivity contribution is 7.11. The van der Waals surface area contributed by atoms with Crippen molar-refractivity contribution >= 4 is 17.0 Å². The molecule has 0 spiro atoms. The van der Waals surface area contributed by atoms with Gasteiger partial charge >= 0.3 is 0 Å². The fourth-order valence-corrected chi connectivity index (χ4v) is 2.48. The molecule has 0 aliphatic heterocycles. The SMILES string of the molecule is COc1ccncc1NCc1sc(C)nc1C. The molecule has 0 bridgehead atoms. The van der Waals surface area contributed by atoms with Crippen LogP contribution < -0.4 is 10.1 Å². The number of rotatable bonds is 4. The van der Waals surface area contributed by atoms with Crippen LogP contribution in [0.1, 0.15) is 15.6 Å². The summed E-state index contributed by atoms with van der Waals surface area (Å²) in [5, 5.41) is 4.41. The van der Waals surface area contributed by atoms with Crippen LogP contribution >= 0.6 is 11.3 Å². The van der Waals surface area contributed by atoms with Crippen LogP contribution in [0.2, 0.25) is 0 Å². The van der Waals surface area contributed by atoms with Crippen LogP contribution in [0.15, 0.2) is 18.5 Å². The van der Waals surface area contributed by atoms with Crippen LogP contribution in [0.25, 0.3) is 0 Å². The Bertz CT molecular complexity index is 510. The molecule has 2 rings (SSSR count). The molecule has 2 aromatic rings. The zero-order chi connectivity index (χ0) is 12.3. The molecule has 0 saturated carbocycles. The molecular weight excluding hydrogens is 234 g/mol. The first kappa shape index (κ1) is 11.9. The van der Waals surface area contributed by atoms with E-state index in [-0.39, 0.29) is 0 Å². The average molecular weight is 249 g/mol. The van der Waals surface area contributed by atoms with E-state index in [2.05, 4.69) is 15.3 Å². The summed E-state index contributed by atoms with van der Waals surface area (Å²) in [6.45, 7) is 4.80. The number of methoxy groups -OCH3 is 1. The first-order chi connectivity index (χ1) is 8.20. The van der Waals surface area contributed by atoms with E-state index in [4.69, 9.17) is 4.74 Å². The van der Waals surface area contributed by atoms with Gasteiger partial charge in [0.1, 0.15) is 5.75 Å². The molecule has 0 fully saturated rings. The highest BCUT2D eigenvalue weighted by Gasteiger charge is 2.06. The van der Waals surface area contributed by atoms with E-state index in [0.717, 1.165) is 28.7 Å². The maximum Gasteiger partial charge on any atom is 0.145 e. The predicted octanol–water partition coefficient (Wildman–Crippen LogP) is 2.78. The summed E-state index contributed by atoms with van der Waals surface area (Å²) < 4.78 is 5.25. The van der Waals surface area contributed by atoms with E-state index in [1.807, 2.05) is 19.9 Å². The van der Waals surface area contributed by atoms with Gasteiger partial charge in [0.15, 0.2) is 0 Å². The lowest BCUT2D eigenvalue weighted by Crippen LogP contribution is -2.01. The van der Waals surface area contributed by atoms with Gasteiger partial charge in [-0.15, -0.1) is 11.3 Å². The minimum atomic E-state index is 0.749. The molecule has 0 radical (unpaired) electrons. The molecule has 1 N–H and O–H groups in total. The second kappa shape index (κ2) is 5.14. The Morgan fingerprint density at radius 2 is 2.24 bits per heavy atom. The number of hydrogen-bond acceptors (Lipinski definition) is 5. The van der Waals surface area contributed by atoms with Crippen molar-refractivity contribution in [2.45, 2.75) is 20.4 Å². The van der Waals surface area contributed by atoms with Gasteiger partial charge in [0, 0.05) is 17.1 Å². The van der Waals surface area contributed by atoms with Crippen LogP contribution in [-0.4, -0.2) is 17.1 Å². The number of pyridine rings is 1. The van der Waals surface area contributed by atoms with E-state index in [0.29, 0.717) is 0 Å². The average Bonchev–Trinajstić information content (AvgIpc) is 2.65. The first-order valence-corrected chi connectivity index (χ1v) is 6.17. The number of nitrogens with zero attached hydrogens (tertiary/aromatic N) is 2. The third kappa shape index (κ3) is 2.74. The maximum absolute atomic E-state index is 5.25. The van der Waals surface area contributed by atoms with Crippen molar-refractivity contribution in [2.24, 2.45) is 0 Å². The lowest BCUT2D eigenvalue weighted by Gasteiger charge is -2.09. The summed E-state index contributed by atoms with van der Waals surface area (Å²) in [6, 6.07) is 1.84. The van der Waals surface area contributed by atoms with Crippen molar-refractivity contribution in [3.8, 4) is 5.75 Å². The van der Waals surface area contributed by atoms with Crippen molar-refractivity contribution in [1.29, 1.82) is 0 Å². The van der Waals surface area contributed by atoms with E-state index in [1.165, 1.54) is 4.88 Å². The molecular formula is C12H15N3OS. The molecule has 0 aromatic carbocycles. The fourth-order valence-electron chi connectivity index (χ4n) is 1.61. The number of anilines is 1. The van der Waals surface area contributed by atoms with Crippen LogP contribution in [0.5, 0.6) is 5.75 Å². The van der Waals surface area contributed by atoms with Crippen LogP contribution in [0, 0.1) is 13.8 Å². The number of thiazole rings is 1. The minimum Gasteiger partial charge on any atom is -0.494 e. The van der Waals surface area contributed by atoms with Gasteiger partial charge in [-0.25, -0.2) is 4.98 Å². The van der Waals surface area contributed by atoms with Gasteiger partial charge in [-0.1, -0.05) is 0 Å². The van der Waals surface area contributed by atoms with Crippen molar-refractivity contribution in [1.82, 2.24) is 9.97 Å². The summed E-state index contributed by atoms with van der Waals surface area (Å²) in [7, 11) is 1.66. The Morgan fingerprint density at radius 1 is 1.41 bits per heavy atom. The van der Waals surface area contributed by atoms with E-state index in [1.54, 1.807) is 30.8 Å². The van der Waals surface area contributed by atoms with Crippen LogP contribution in [0.4, 0.5) is 5.69 Å². The molecule has 0 amide bonds. The number of hydrogen-bond donors (Lipinski definition) is 1. The van der Waals surface area contributed by atoms with Crippen molar-refractivity contribution in [3.05, 3.63) is 34.0 Å². The predicted molar refractivity (Wildman–Crippen MR) is 69.7 cm³/mol. The molecule has 5 heteroatoms. The largest absolute Gasteiger partial charge is 0.494 e. The zero-order valence-electron chi connectivity index (χ0n) is 10.2. The topological polar surface area (TPSA) is 47.0 Å². The summed E-state index contributed by atoms with van der Waals surface area (Å²) in [6.07, 6.45) is 3.48. The van der Waals surface area contributed by atoms with E-state index in [9.17, 15) is 0 Å². The molecule has 0 atom stereocenters. The van der Waals surface area contributed by atoms with Gasteiger partial charge in [0.2, 0.25) is 0 Å². The van der Waals surface area contributed by atoms with Gasteiger partial charge in [-0.05, 0) is 13.8 Å². The maximum atomic E-state index is 5.25. The molecule has 17 heavy (non-hydrogen) atoms. The second-order valence-electron chi connectivity index (χ2n) is 3.67. The monoisotopic (exact) mass is 249 g/mol. The molecule has 0 aliphatic carbocycles. The van der Waals surface area contributed by atoms with Crippen LogP contribution in [-0.2, 0) is 6.54 Å².